The summed E-state index contributed by atoms with van der Waals surface area (Å²) in [6.07, 6.45) is 0. The molecule has 1 aromatic carbocycles. The van der Waals surface area contributed by atoms with Crippen LogP contribution >= 0.6 is 11.6 Å². The fourth-order valence-corrected chi connectivity index (χ4v) is 2.24. The Morgan fingerprint density at radius 1 is 1.26 bits per heavy atom. The number of nitrogens with one attached hydrogen (secondary N) is 1. The molecule has 0 saturated heterocycles. The van der Waals surface area contributed by atoms with Gasteiger partial charge in [-0.2, -0.15) is 5.26 Å². The first-order valence-corrected chi connectivity index (χ1v) is 6.94. The number of hydrogen-bond acceptors (Lipinski definition) is 4. The molecule has 0 aliphatic heterocycles. The molecule has 1 aromatic heterocycles. The number of nitrogens with zero attached hydrogens (tertiary/aromatic N) is 2. The van der Waals surface area contributed by atoms with Gasteiger partial charge in [0.1, 0.15) is 6.07 Å². The lowest BCUT2D eigenvalue weighted by Crippen LogP contribution is -2.19. The van der Waals surface area contributed by atoms with Crippen molar-refractivity contribution in [1.82, 2.24) is 4.98 Å². The molecule has 1 amide bonds. The maximum Gasteiger partial charge on any atom is 0.355 e. The van der Waals surface area contributed by atoms with Gasteiger partial charge in [0, 0.05) is 5.69 Å². The number of nitriles is 1. The first kappa shape index (κ1) is 16.5. The predicted octanol–water partition coefficient (Wildman–Crippen LogP) is 3.17. The van der Waals surface area contributed by atoms with Crippen molar-refractivity contribution in [2.75, 3.05) is 5.32 Å². The van der Waals surface area contributed by atoms with E-state index in [-0.39, 0.29) is 27.5 Å². The summed E-state index contributed by atoms with van der Waals surface area (Å²) in [5.74, 6) is -2.01. The van der Waals surface area contributed by atoms with Crippen LogP contribution in [0.5, 0.6) is 0 Å². The summed E-state index contributed by atoms with van der Waals surface area (Å²) in [4.78, 5) is 27.5. The highest BCUT2D eigenvalue weighted by Crippen LogP contribution is 2.29. The zero-order chi connectivity index (χ0) is 17.1. The van der Waals surface area contributed by atoms with Crippen LogP contribution in [-0.4, -0.2) is 22.0 Å². The third kappa shape index (κ3) is 3.30. The van der Waals surface area contributed by atoms with Gasteiger partial charge < -0.3 is 10.4 Å². The molecule has 0 saturated carbocycles. The number of aryl methyl sites for hydroxylation is 2. The summed E-state index contributed by atoms with van der Waals surface area (Å²) >= 11 is 6.04. The Morgan fingerprint density at radius 3 is 2.57 bits per heavy atom. The SMILES string of the molecule is Cc1ccc(C(=O)Nc2c(Cl)ccc(C)c2C#N)c(C(=O)O)n1. The molecule has 2 N–H and O–H groups in total. The van der Waals surface area contributed by atoms with Gasteiger partial charge in [-0.1, -0.05) is 17.7 Å². The van der Waals surface area contributed by atoms with Gasteiger partial charge in [0.25, 0.3) is 5.91 Å². The van der Waals surface area contributed by atoms with E-state index in [4.69, 9.17) is 11.6 Å². The Balaban J connectivity index is 2.48. The fourth-order valence-electron chi connectivity index (χ4n) is 2.03. The first-order chi connectivity index (χ1) is 10.8. The van der Waals surface area contributed by atoms with Crippen LogP contribution in [0.3, 0.4) is 0 Å². The van der Waals surface area contributed by atoms with Crippen LogP contribution in [0.2, 0.25) is 5.02 Å². The third-order valence-electron chi connectivity index (χ3n) is 3.19. The molecule has 0 fully saturated rings. The maximum atomic E-state index is 12.4. The van der Waals surface area contributed by atoms with Crippen LogP contribution in [-0.2, 0) is 0 Å². The number of carboxylic acid groups (broad SMARTS) is 1. The number of carbonyl (C=O) groups excluding carboxylic acids is 1. The van der Waals surface area contributed by atoms with Crippen LogP contribution in [0.25, 0.3) is 0 Å². The first-order valence-electron chi connectivity index (χ1n) is 6.56. The monoisotopic (exact) mass is 329 g/mol. The molecule has 23 heavy (non-hydrogen) atoms. The van der Waals surface area contributed by atoms with Crippen molar-refractivity contribution in [1.29, 1.82) is 5.26 Å². The van der Waals surface area contributed by atoms with Gasteiger partial charge in [-0.05, 0) is 37.6 Å². The van der Waals surface area contributed by atoms with Crippen molar-refractivity contribution in [2.45, 2.75) is 13.8 Å². The zero-order valence-electron chi connectivity index (χ0n) is 12.3. The van der Waals surface area contributed by atoms with Crippen molar-refractivity contribution in [3.8, 4) is 6.07 Å². The highest BCUT2D eigenvalue weighted by atomic mass is 35.5. The van der Waals surface area contributed by atoms with Crippen LogP contribution in [0, 0.1) is 25.2 Å². The number of benzene rings is 1. The van der Waals surface area contributed by atoms with E-state index in [0.29, 0.717) is 11.3 Å². The van der Waals surface area contributed by atoms with E-state index in [1.165, 1.54) is 12.1 Å². The number of aromatic nitrogens is 1. The highest BCUT2D eigenvalue weighted by Gasteiger charge is 2.20. The Labute approximate surface area is 137 Å². The summed E-state index contributed by atoms with van der Waals surface area (Å²) in [6, 6.07) is 8.09. The molecule has 1 heterocycles. The number of amides is 1. The normalized spacial score (nSPS) is 10.0. The van der Waals surface area contributed by atoms with E-state index in [0.717, 1.165) is 0 Å². The van der Waals surface area contributed by atoms with Crippen LogP contribution in [0.4, 0.5) is 5.69 Å². The minimum absolute atomic E-state index is 0.107. The molecule has 116 valence electrons. The number of rotatable bonds is 3. The summed E-state index contributed by atoms with van der Waals surface area (Å²) in [6.45, 7) is 3.33. The van der Waals surface area contributed by atoms with Crippen LogP contribution < -0.4 is 5.32 Å². The summed E-state index contributed by atoms with van der Waals surface area (Å²) in [7, 11) is 0. The number of carboxylic acids is 1. The quantitative estimate of drug-likeness (QED) is 0.900. The molecule has 0 atom stereocenters. The number of anilines is 1. The number of pyridine rings is 1. The fraction of sp³-hybridized carbons (Fsp3) is 0.125. The van der Waals surface area contributed by atoms with Crippen molar-refractivity contribution in [3.63, 3.8) is 0 Å². The molecule has 0 radical (unpaired) electrons. The Morgan fingerprint density at radius 2 is 1.96 bits per heavy atom. The molecule has 0 spiro atoms. The van der Waals surface area contributed by atoms with E-state index in [9.17, 15) is 20.0 Å². The molecular weight excluding hydrogens is 318 g/mol. The zero-order valence-corrected chi connectivity index (χ0v) is 13.1. The Kier molecular flexibility index (Phi) is 4.63. The molecule has 0 aliphatic rings. The van der Waals surface area contributed by atoms with Crippen LogP contribution in [0.15, 0.2) is 24.3 Å². The smallest absolute Gasteiger partial charge is 0.355 e. The van der Waals surface area contributed by atoms with Gasteiger partial charge in [0.05, 0.1) is 21.8 Å². The summed E-state index contributed by atoms with van der Waals surface area (Å²) in [5.41, 5.74) is 1.03. The molecule has 0 bridgehead atoms. The molecule has 7 heteroatoms. The largest absolute Gasteiger partial charge is 0.476 e. The van der Waals surface area contributed by atoms with Gasteiger partial charge in [0.2, 0.25) is 0 Å². The summed E-state index contributed by atoms with van der Waals surface area (Å²) in [5, 5.41) is 21.1. The topological polar surface area (TPSA) is 103 Å². The van der Waals surface area contributed by atoms with Crippen molar-refractivity contribution < 1.29 is 14.7 Å². The average Bonchev–Trinajstić information content (AvgIpc) is 2.50. The second kappa shape index (κ2) is 6.46. The number of halogens is 1. The van der Waals surface area contributed by atoms with E-state index in [2.05, 4.69) is 10.3 Å². The minimum atomic E-state index is -1.31. The molecule has 0 unspecified atom stereocenters. The van der Waals surface area contributed by atoms with Gasteiger partial charge in [-0.15, -0.1) is 0 Å². The third-order valence-corrected chi connectivity index (χ3v) is 3.51. The van der Waals surface area contributed by atoms with Gasteiger partial charge in [-0.3, -0.25) is 4.79 Å². The molecule has 6 nitrogen and oxygen atoms in total. The predicted molar refractivity (Wildman–Crippen MR) is 84.8 cm³/mol. The lowest BCUT2D eigenvalue weighted by molar-refractivity contribution is 0.0685. The highest BCUT2D eigenvalue weighted by molar-refractivity contribution is 6.34. The molecule has 0 aliphatic carbocycles. The maximum absolute atomic E-state index is 12.4. The number of hydrogen-bond donors (Lipinski definition) is 2. The van der Waals surface area contributed by atoms with E-state index < -0.39 is 11.9 Å². The molecule has 2 aromatic rings. The Bertz CT molecular complexity index is 856. The van der Waals surface area contributed by atoms with Gasteiger partial charge in [0.15, 0.2) is 5.69 Å². The Hall–Kier alpha value is -2.91. The number of aromatic carboxylic acids is 1. The second-order valence-corrected chi connectivity index (χ2v) is 5.24. The lowest BCUT2D eigenvalue weighted by atomic mass is 10.1. The van der Waals surface area contributed by atoms with Crippen LogP contribution in [0.1, 0.15) is 37.7 Å². The molecule has 2 rings (SSSR count). The summed E-state index contributed by atoms with van der Waals surface area (Å²) < 4.78 is 0. The van der Waals surface area contributed by atoms with Crippen molar-refractivity contribution in [3.05, 3.63) is 57.4 Å². The molecular formula is C16H12ClN3O3. The van der Waals surface area contributed by atoms with E-state index >= 15 is 0 Å². The standard InChI is InChI=1S/C16H12ClN3O3/c1-8-3-6-12(17)13(11(8)7-18)20-15(21)10-5-4-9(2)19-14(10)16(22)23/h3-6H,1-2H3,(H,20,21)(H,22,23). The van der Waals surface area contributed by atoms with E-state index in [1.54, 1.807) is 26.0 Å². The minimum Gasteiger partial charge on any atom is -0.476 e. The van der Waals surface area contributed by atoms with Gasteiger partial charge >= 0.3 is 5.97 Å². The average molecular weight is 330 g/mol. The lowest BCUT2D eigenvalue weighted by Gasteiger charge is -2.12. The van der Waals surface area contributed by atoms with Crippen molar-refractivity contribution in [2.24, 2.45) is 0 Å². The van der Waals surface area contributed by atoms with E-state index in [1.807, 2.05) is 6.07 Å². The van der Waals surface area contributed by atoms with Crippen molar-refractivity contribution >= 4 is 29.2 Å². The number of carbonyl (C=O) groups is 2. The van der Waals surface area contributed by atoms with Gasteiger partial charge in [-0.25, -0.2) is 9.78 Å². The second-order valence-electron chi connectivity index (χ2n) is 4.83.